The zero-order valence-corrected chi connectivity index (χ0v) is 17.7. The predicted molar refractivity (Wildman–Crippen MR) is 125 cm³/mol. The number of para-hydroxylation sites is 1. The first-order valence-corrected chi connectivity index (χ1v) is 10.5. The third-order valence-electron chi connectivity index (χ3n) is 4.95. The Hall–Kier alpha value is -4.13. The Labute approximate surface area is 186 Å². The van der Waals surface area contributed by atoms with Crippen molar-refractivity contribution in [1.29, 1.82) is 0 Å². The molecule has 0 bridgehead atoms. The fourth-order valence-corrected chi connectivity index (χ4v) is 3.22. The fourth-order valence-electron chi connectivity index (χ4n) is 3.22. The maximum Gasteiger partial charge on any atom is 0.249 e. The van der Waals surface area contributed by atoms with Crippen LogP contribution in [0.4, 0.5) is 11.4 Å². The van der Waals surface area contributed by atoms with E-state index in [1.165, 1.54) is 5.56 Å². The number of anilines is 2. The van der Waals surface area contributed by atoms with Crippen molar-refractivity contribution < 1.29 is 14.3 Å². The van der Waals surface area contributed by atoms with Crippen LogP contribution in [0.25, 0.3) is 0 Å². The summed E-state index contributed by atoms with van der Waals surface area (Å²) >= 11 is 0. The molecule has 1 unspecified atom stereocenters. The summed E-state index contributed by atoms with van der Waals surface area (Å²) in [6, 6.07) is 23.5. The van der Waals surface area contributed by atoms with E-state index in [0.29, 0.717) is 11.4 Å². The van der Waals surface area contributed by atoms with Crippen LogP contribution in [0.1, 0.15) is 18.9 Å². The number of nitrogens with one attached hydrogen (secondary N) is 3. The molecule has 3 aromatic carbocycles. The van der Waals surface area contributed by atoms with Gasteiger partial charge in [0.1, 0.15) is 17.5 Å². The summed E-state index contributed by atoms with van der Waals surface area (Å²) in [5.74, 6) is 1.04. The number of guanidine groups is 1. The van der Waals surface area contributed by atoms with Crippen LogP contribution in [0.15, 0.2) is 83.9 Å². The van der Waals surface area contributed by atoms with Crippen LogP contribution < -0.4 is 20.7 Å². The summed E-state index contributed by atoms with van der Waals surface area (Å²) in [6.45, 7) is 2.08. The van der Waals surface area contributed by atoms with Gasteiger partial charge < -0.3 is 15.4 Å². The first kappa shape index (κ1) is 21.1. The van der Waals surface area contributed by atoms with Crippen LogP contribution in [-0.2, 0) is 16.0 Å². The molecule has 0 aliphatic carbocycles. The van der Waals surface area contributed by atoms with Crippen LogP contribution in [0.5, 0.6) is 11.5 Å². The maximum atomic E-state index is 12.7. The Balaban J connectivity index is 1.39. The summed E-state index contributed by atoms with van der Waals surface area (Å²) < 4.78 is 5.76. The largest absolute Gasteiger partial charge is 0.457 e. The number of nitrogens with zero attached hydrogens (tertiary/aromatic N) is 1. The van der Waals surface area contributed by atoms with Crippen molar-refractivity contribution in [2.45, 2.75) is 25.8 Å². The average Bonchev–Trinajstić information content (AvgIpc) is 2.81. The summed E-state index contributed by atoms with van der Waals surface area (Å²) in [4.78, 5) is 29.2. The summed E-state index contributed by atoms with van der Waals surface area (Å²) in [6.07, 6.45) is 0.931. The number of benzene rings is 3. The Morgan fingerprint density at radius 1 is 0.969 bits per heavy atom. The molecule has 0 spiro atoms. The molecule has 0 fully saturated rings. The molecule has 1 heterocycles. The maximum absolute atomic E-state index is 12.7. The van der Waals surface area contributed by atoms with Gasteiger partial charge in [0.25, 0.3) is 0 Å². The second-order valence-corrected chi connectivity index (χ2v) is 7.35. The van der Waals surface area contributed by atoms with Crippen molar-refractivity contribution in [3.05, 3.63) is 84.4 Å². The Morgan fingerprint density at radius 2 is 1.62 bits per heavy atom. The highest BCUT2D eigenvalue weighted by molar-refractivity contribution is 6.10. The monoisotopic (exact) mass is 428 g/mol. The van der Waals surface area contributed by atoms with Crippen molar-refractivity contribution >= 4 is 29.1 Å². The van der Waals surface area contributed by atoms with E-state index in [4.69, 9.17) is 4.74 Å². The number of ether oxygens (including phenoxy) is 1. The van der Waals surface area contributed by atoms with E-state index in [1.807, 2.05) is 54.6 Å². The Kier molecular flexibility index (Phi) is 6.46. The average molecular weight is 428 g/mol. The normalized spacial score (nSPS) is 15.3. The van der Waals surface area contributed by atoms with Crippen LogP contribution in [0.2, 0.25) is 0 Å². The van der Waals surface area contributed by atoms with Crippen molar-refractivity contribution in [1.82, 2.24) is 5.32 Å². The number of carbonyl (C=O) groups excluding carboxylic acids is 2. The smallest absolute Gasteiger partial charge is 0.249 e. The lowest BCUT2D eigenvalue weighted by Crippen LogP contribution is -2.45. The van der Waals surface area contributed by atoms with E-state index >= 15 is 0 Å². The van der Waals surface area contributed by atoms with E-state index in [2.05, 4.69) is 27.9 Å². The number of aryl methyl sites for hydroxylation is 1. The van der Waals surface area contributed by atoms with Gasteiger partial charge in [-0.25, -0.2) is 4.99 Å². The molecular formula is C25H24N4O3. The molecular weight excluding hydrogens is 404 g/mol. The minimum absolute atomic E-state index is 0.0129. The second-order valence-electron chi connectivity index (χ2n) is 7.35. The van der Waals surface area contributed by atoms with Gasteiger partial charge in [0.15, 0.2) is 0 Å². The number of hydrogen-bond acceptors (Lipinski definition) is 5. The zero-order valence-electron chi connectivity index (χ0n) is 17.7. The SMILES string of the molecule is CCc1ccc(NC2=NC(C(=O)Nc3ccc(Oc4ccccc4)cc3)CC(=O)N2)cc1. The third-order valence-corrected chi connectivity index (χ3v) is 4.95. The molecule has 7 nitrogen and oxygen atoms in total. The molecule has 0 radical (unpaired) electrons. The van der Waals surface area contributed by atoms with Gasteiger partial charge in [-0.15, -0.1) is 0 Å². The highest BCUT2D eigenvalue weighted by Crippen LogP contribution is 2.23. The quantitative estimate of drug-likeness (QED) is 0.545. The zero-order chi connectivity index (χ0) is 22.3. The van der Waals surface area contributed by atoms with E-state index in [9.17, 15) is 9.59 Å². The van der Waals surface area contributed by atoms with Gasteiger partial charge >= 0.3 is 0 Å². The molecule has 1 aliphatic heterocycles. The molecule has 0 saturated carbocycles. The highest BCUT2D eigenvalue weighted by Gasteiger charge is 2.27. The van der Waals surface area contributed by atoms with E-state index in [-0.39, 0.29) is 24.2 Å². The van der Waals surface area contributed by atoms with Crippen molar-refractivity contribution in [3.8, 4) is 11.5 Å². The molecule has 7 heteroatoms. The van der Waals surface area contributed by atoms with Gasteiger partial charge in [0.2, 0.25) is 17.8 Å². The summed E-state index contributed by atoms with van der Waals surface area (Å²) in [5, 5.41) is 8.55. The lowest BCUT2D eigenvalue weighted by Gasteiger charge is -2.21. The molecule has 162 valence electrons. The first-order chi connectivity index (χ1) is 15.6. The van der Waals surface area contributed by atoms with Gasteiger partial charge in [-0.1, -0.05) is 37.3 Å². The minimum Gasteiger partial charge on any atom is -0.457 e. The number of amides is 2. The van der Waals surface area contributed by atoms with E-state index in [0.717, 1.165) is 17.9 Å². The number of hydrogen-bond donors (Lipinski definition) is 3. The van der Waals surface area contributed by atoms with Crippen LogP contribution >= 0.6 is 0 Å². The minimum atomic E-state index is -0.818. The van der Waals surface area contributed by atoms with Crippen LogP contribution in [0, 0.1) is 0 Å². The van der Waals surface area contributed by atoms with Gasteiger partial charge in [0.05, 0.1) is 6.42 Å². The Bertz CT molecular complexity index is 1110. The molecule has 3 N–H and O–H groups in total. The molecule has 32 heavy (non-hydrogen) atoms. The van der Waals surface area contributed by atoms with Crippen molar-refractivity contribution in [2.24, 2.45) is 4.99 Å². The van der Waals surface area contributed by atoms with Crippen molar-refractivity contribution in [3.63, 3.8) is 0 Å². The van der Waals surface area contributed by atoms with Crippen LogP contribution in [-0.4, -0.2) is 23.8 Å². The second kappa shape index (κ2) is 9.78. The summed E-state index contributed by atoms with van der Waals surface area (Å²) in [5.41, 5.74) is 2.60. The number of carbonyl (C=O) groups is 2. The van der Waals surface area contributed by atoms with Gasteiger partial charge in [-0.3, -0.25) is 14.9 Å². The lowest BCUT2D eigenvalue weighted by atomic mass is 10.1. The number of aliphatic imine (C=N–C) groups is 1. The van der Waals surface area contributed by atoms with E-state index in [1.54, 1.807) is 24.3 Å². The standard InChI is InChI=1S/C25H24N4O3/c1-2-17-8-10-19(11-9-17)27-25-28-22(16-23(30)29-25)24(31)26-18-12-14-21(15-13-18)32-20-6-4-3-5-7-20/h3-15,22H,2,16H2,1H3,(H,26,31)(H2,27,28,29,30). The lowest BCUT2D eigenvalue weighted by molar-refractivity contribution is -0.124. The topological polar surface area (TPSA) is 91.8 Å². The predicted octanol–water partition coefficient (Wildman–Crippen LogP) is 4.34. The summed E-state index contributed by atoms with van der Waals surface area (Å²) in [7, 11) is 0. The Morgan fingerprint density at radius 3 is 2.31 bits per heavy atom. The molecule has 3 aromatic rings. The fraction of sp³-hybridized carbons (Fsp3) is 0.160. The molecule has 1 atom stereocenters. The molecule has 2 amide bonds. The number of rotatable bonds is 6. The van der Waals surface area contributed by atoms with Gasteiger partial charge in [-0.2, -0.15) is 0 Å². The van der Waals surface area contributed by atoms with E-state index < -0.39 is 6.04 Å². The van der Waals surface area contributed by atoms with Gasteiger partial charge in [0, 0.05) is 11.4 Å². The van der Waals surface area contributed by atoms with Crippen LogP contribution in [0.3, 0.4) is 0 Å². The first-order valence-electron chi connectivity index (χ1n) is 10.5. The van der Waals surface area contributed by atoms with Crippen molar-refractivity contribution in [2.75, 3.05) is 10.6 Å². The molecule has 4 rings (SSSR count). The third kappa shape index (κ3) is 5.51. The molecule has 0 saturated heterocycles. The highest BCUT2D eigenvalue weighted by atomic mass is 16.5. The van der Waals surface area contributed by atoms with Gasteiger partial charge in [-0.05, 0) is 60.5 Å². The molecule has 1 aliphatic rings. The molecule has 0 aromatic heterocycles.